The molecule has 1 fully saturated rings. The van der Waals surface area contributed by atoms with Gasteiger partial charge in [0.1, 0.15) is 24.4 Å². The lowest BCUT2D eigenvalue weighted by atomic mass is 9.99. The van der Waals surface area contributed by atoms with Gasteiger partial charge in [-0.15, -0.1) is 0 Å². The van der Waals surface area contributed by atoms with Crippen LogP contribution in [0.15, 0.2) is 12.2 Å². The van der Waals surface area contributed by atoms with Gasteiger partial charge in [0, 0.05) is 6.42 Å². The predicted molar refractivity (Wildman–Crippen MR) is 231 cm³/mol. The smallest absolute Gasteiger partial charge is 0.220 e. The molecular formula is C47H91NO8. The minimum absolute atomic E-state index is 0.180. The Balaban J connectivity index is 2.05. The zero-order chi connectivity index (χ0) is 40.9. The first-order valence-corrected chi connectivity index (χ1v) is 23.9. The summed E-state index contributed by atoms with van der Waals surface area (Å²) < 4.78 is 11.1. The molecule has 0 saturated carbocycles. The van der Waals surface area contributed by atoms with Gasteiger partial charge in [-0.3, -0.25) is 4.79 Å². The molecule has 1 aliphatic rings. The van der Waals surface area contributed by atoms with E-state index in [1.165, 1.54) is 161 Å². The van der Waals surface area contributed by atoms with Crippen molar-refractivity contribution in [1.29, 1.82) is 0 Å². The number of hydrogen-bond acceptors (Lipinski definition) is 8. The van der Waals surface area contributed by atoms with E-state index >= 15 is 0 Å². The van der Waals surface area contributed by atoms with Gasteiger partial charge in [0.25, 0.3) is 0 Å². The fourth-order valence-corrected chi connectivity index (χ4v) is 7.75. The largest absolute Gasteiger partial charge is 0.394 e. The van der Waals surface area contributed by atoms with Crippen molar-refractivity contribution < 1.29 is 39.8 Å². The van der Waals surface area contributed by atoms with Gasteiger partial charge in [-0.1, -0.05) is 212 Å². The van der Waals surface area contributed by atoms with Gasteiger partial charge >= 0.3 is 0 Å². The molecule has 0 spiro atoms. The first kappa shape index (κ1) is 52.9. The van der Waals surface area contributed by atoms with E-state index in [1.54, 1.807) is 6.08 Å². The van der Waals surface area contributed by atoms with Gasteiger partial charge in [0.2, 0.25) is 5.91 Å². The Labute approximate surface area is 344 Å². The van der Waals surface area contributed by atoms with Gasteiger partial charge in [-0.05, 0) is 19.3 Å². The Hall–Kier alpha value is -1.07. The van der Waals surface area contributed by atoms with Crippen molar-refractivity contribution in [1.82, 2.24) is 5.32 Å². The zero-order valence-electron chi connectivity index (χ0n) is 36.4. The minimum Gasteiger partial charge on any atom is -0.394 e. The molecule has 1 amide bonds. The average molecular weight is 798 g/mol. The van der Waals surface area contributed by atoms with E-state index in [4.69, 9.17) is 9.47 Å². The highest BCUT2D eigenvalue weighted by Crippen LogP contribution is 2.23. The average Bonchev–Trinajstić information content (AvgIpc) is 3.20. The summed E-state index contributed by atoms with van der Waals surface area (Å²) >= 11 is 0. The van der Waals surface area contributed by atoms with E-state index in [-0.39, 0.29) is 12.5 Å². The van der Waals surface area contributed by atoms with Crippen LogP contribution in [0.2, 0.25) is 0 Å². The molecule has 6 N–H and O–H groups in total. The highest BCUT2D eigenvalue weighted by molar-refractivity contribution is 5.76. The van der Waals surface area contributed by atoms with Crippen LogP contribution < -0.4 is 5.32 Å². The van der Waals surface area contributed by atoms with Crippen molar-refractivity contribution in [3.63, 3.8) is 0 Å². The lowest BCUT2D eigenvalue weighted by Gasteiger charge is -2.40. The Morgan fingerprint density at radius 1 is 0.589 bits per heavy atom. The number of carbonyl (C=O) groups is 1. The van der Waals surface area contributed by atoms with E-state index in [2.05, 4.69) is 19.2 Å². The number of ether oxygens (including phenoxy) is 2. The fraction of sp³-hybridized carbons (Fsp3) is 0.936. The fourth-order valence-electron chi connectivity index (χ4n) is 7.75. The van der Waals surface area contributed by atoms with Gasteiger partial charge in [0.05, 0.1) is 25.4 Å². The van der Waals surface area contributed by atoms with Crippen LogP contribution in [0.1, 0.15) is 226 Å². The van der Waals surface area contributed by atoms with Crippen molar-refractivity contribution >= 4 is 5.91 Å². The summed E-state index contributed by atoms with van der Waals surface area (Å²) in [5.74, 6) is -0.180. The second-order valence-corrected chi connectivity index (χ2v) is 16.9. The molecule has 56 heavy (non-hydrogen) atoms. The quantitative estimate of drug-likeness (QED) is 0.0265. The molecule has 1 rings (SSSR count). The molecule has 0 aromatic rings. The molecule has 1 saturated heterocycles. The monoisotopic (exact) mass is 798 g/mol. The molecule has 1 aliphatic heterocycles. The number of rotatable bonds is 40. The van der Waals surface area contributed by atoms with Crippen LogP contribution in [0.25, 0.3) is 0 Å². The number of allylic oxidation sites excluding steroid dienone is 1. The minimum atomic E-state index is -1.56. The van der Waals surface area contributed by atoms with Crippen LogP contribution in [-0.2, 0) is 14.3 Å². The molecule has 7 atom stereocenters. The molecule has 0 aliphatic carbocycles. The Morgan fingerprint density at radius 3 is 1.39 bits per heavy atom. The lowest BCUT2D eigenvalue weighted by molar-refractivity contribution is -0.302. The molecular weight excluding hydrogens is 707 g/mol. The maximum atomic E-state index is 12.8. The Kier molecular flexibility index (Phi) is 36.1. The van der Waals surface area contributed by atoms with Crippen LogP contribution in [0.4, 0.5) is 0 Å². The molecule has 1 heterocycles. The summed E-state index contributed by atoms with van der Waals surface area (Å²) in [5, 5.41) is 53.7. The van der Waals surface area contributed by atoms with E-state index in [0.717, 1.165) is 44.9 Å². The molecule has 9 heteroatoms. The second-order valence-electron chi connectivity index (χ2n) is 16.9. The third-order valence-electron chi connectivity index (χ3n) is 11.6. The summed E-state index contributed by atoms with van der Waals surface area (Å²) in [4.78, 5) is 12.8. The first-order valence-electron chi connectivity index (χ1n) is 23.9. The number of nitrogens with one attached hydrogen (secondary N) is 1. The van der Waals surface area contributed by atoms with Gasteiger partial charge in [-0.25, -0.2) is 0 Å². The molecule has 0 aromatic carbocycles. The SMILES string of the molecule is CCCCC/C=C/C(O)C(COC1OC(CO)C(O)C(O)C1O)NC(=O)CCCCCCCCCCCCCCCCCCCCCCCCCCCCCC. The maximum absolute atomic E-state index is 12.8. The van der Waals surface area contributed by atoms with E-state index in [9.17, 15) is 30.3 Å². The van der Waals surface area contributed by atoms with Crippen molar-refractivity contribution in [2.75, 3.05) is 13.2 Å². The zero-order valence-corrected chi connectivity index (χ0v) is 36.4. The summed E-state index contributed by atoms with van der Waals surface area (Å²) in [6, 6.07) is -0.795. The molecule has 9 nitrogen and oxygen atoms in total. The number of unbranched alkanes of at least 4 members (excludes halogenated alkanes) is 30. The number of hydrogen-bond donors (Lipinski definition) is 6. The summed E-state index contributed by atoms with van der Waals surface area (Å²) in [5.41, 5.74) is 0. The molecule has 0 radical (unpaired) electrons. The van der Waals surface area contributed by atoms with E-state index in [1.807, 2.05) is 6.08 Å². The second kappa shape index (κ2) is 38.2. The van der Waals surface area contributed by atoms with Gasteiger partial charge in [-0.2, -0.15) is 0 Å². The van der Waals surface area contributed by atoms with Crippen LogP contribution in [-0.4, -0.2) is 87.5 Å². The number of aliphatic hydroxyl groups excluding tert-OH is 5. The summed E-state index contributed by atoms with van der Waals surface area (Å²) in [6.07, 6.45) is 37.7. The molecule has 7 unspecified atom stereocenters. The van der Waals surface area contributed by atoms with Gasteiger partial charge in [0.15, 0.2) is 6.29 Å². The molecule has 0 bridgehead atoms. The summed E-state index contributed by atoms with van der Waals surface area (Å²) in [7, 11) is 0. The Morgan fingerprint density at radius 2 is 0.982 bits per heavy atom. The molecule has 0 aromatic heterocycles. The third-order valence-corrected chi connectivity index (χ3v) is 11.6. The van der Waals surface area contributed by atoms with Crippen LogP contribution in [0, 0.1) is 0 Å². The summed E-state index contributed by atoms with van der Waals surface area (Å²) in [6.45, 7) is 3.67. The standard InChI is InChI=1S/C47H91NO8/c1-3-5-7-9-10-11-12-13-14-15-16-17-18-19-20-21-22-23-24-25-26-27-28-29-30-31-33-35-37-43(51)48-40(41(50)36-34-32-8-6-4-2)39-55-47-46(54)45(53)44(52)42(38-49)56-47/h34,36,40-42,44-47,49-50,52-54H,3-33,35,37-39H2,1-2H3,(H,48,51)/b36-34+. The highest BCUT2D eigenvalue weighted by atomic mass is 16.7. The van der Waals surface area contributed by atoms with Crippen molar-refractivity contribution in [2.45, 2.75) is 269 Å². The highest BCUT2D eigenvalue weighted by Gasteiger charge is 2.44. The van der Waals surface area contributed by atoms with Gasteiger partial charge < -0.3 is 40.3 Å². The normalized spacial score (nSPS) is 21.2. The van der Waals surface area contributed by atoms with Crippen molar-refractivity contribution in [3.8, 4) is 0 Å². The predicted octanol–water partition coefficient (Wildman–Crippen LogP) is 10.1. The van der Waals surface area contributed by atoms with Crippen LogP contribution in [0.3, 0.4) is 0 Å². The topological polar surface area (TPSA) is 149 Å². The van der Waals surface area contributed by atoms with E-state index in [0.29, 0.717) is 6.42 Å². The van der Waals surface area contributed by atoms with Crippen molar-refractivity contribution in [3.05, 3.63) is 12.2 Å². The van der Waals surface area contributed by atoms with E-state index < -0.39 is 49.5 Å². The Bertz CT molecular complexity index is 888. The van der Waals surface area contributed by atoms with Crippen LogP contribution >= 0.6 is 0 Å². The number of amides is 1. The van der Waals surface area contributed by atoms with Crippen molar-refractivity contribution in [2.24, 2.45) is 0 Å². The lowest BCUT2D eigenvalue weighted by Crippen LogP contribution is -2.60. The first-order chi connectivity index (χ1) is 27.3. The maximum Gasteiger partial charge on any atom is 0.220 e. The van der Waals surface area contributed by atoms with Crippen LogP contribution in [0.5, 0.6) is 0 Å². The number of aliphatic hydroxyl groups is 5. The number of carbonyl (C=O) groups excluding carboxylic acids is 1. The molecule has 332 valence electrons. The third kappa shape index (κ3) is 28.4.